The van der Waals surface area contributed by atoms with Crippen LogP contribution in [0.2, 0.25) is 0 Å². The van der Waals surface area contributed by atoms with Crippen molar-refractivity contribution in [3.8, 4) is 5.69 Å². The summed E-state index contributed by atoms with van der Waals surface area (Å²) < 4.78 is 20.7. The third kappa shape index (κ3) is 4.74. The van der Waals surface area contributed by atoms with Crippen LogP contribution in [-0.2, 0) is 20.7 Å². The number of aryl methyl sites for hydroxylation is 2. The maximum absolute atomic E-state index is 13.6. The Labute approximate surface area is 174 Å². The highest BCUT2D eigenvalue weighted by Gasteiger charge is 2.21. The molecule has 1 amide bonds. The van der Waals surface area contributed by atoms with Crippen LogP contribution in [0.1, 0.15) is 29.4 Å². The first-order valence-corrected chi connectivity index (χ1v) is 9.63. The van der Waals surface area contributed by atoms with E-state index in [1.165, 1.54) is 13.0 Å². The number of amides is 1. The fourth-order valence-electron chi connectivity index (χ4n) is 3.10. The summed E-state index contributed by atoms with van der Waals surface area (Å²) in [5.41, 5.74) is 4.01. The molecule has 1 heterocycles. The van der Waals surface area contributed by atoms with Crippen molar-refractivity contribution in [1.82, 2.24) is 9.78 Å². The van der Waals surface area contributed by atoms with Gasteiger partial charge in [0.2, 0.25) is 0 Å². The fourth-order valence-corrected chi connectivity index (χ4v) is 3.10. The van der Waals surface area contributed by atoms with E-state index in [0.29, 0.717) is 11.3 Å². The Morgan fingerprint density at radius 1 is 1.13 bits per heavy atom. The zero-order valence-electron chi connectivity index (χ0n) is 17.4. The van der Waals surface area contributed by atoms with Gasteiger partial charge in [0.05, 0.1) is 17.8 Å². The van der Waals surface area contributed by atoms with Crippen molar-refractivity contribution in [2.24, 2.45) is 0 Å². The van der Waals surface area contributed by atoms with Gasteiger partial charge in [-0.2, -0.15) is 5.10 Å². The van der Waals surface area contributed by atoms with Gasteiger partial charge in [0, 0.05) is 16.9 Å². The van der Waals surface area contributed by atoms with Crippen LogP contribution in [-0.4, -0.2) is 27.8 Å². The first-order chi connectivity index (χ1) is 14.3. The van der Waals surface area contributed by atoms with E-state index in [1.807, 2.05) is 44.2 Å². The van der Waals surface area contributed by atoms with Gasteiger partial charge in [0.1, 0.15) is 5.82 Å². The zero-order chi connectivity index (χ0) is 21.8. The number of halogens is 1. The van der Waals surface area contributed by atoms with Gasteiger partial charge in [-0.1, -0.05) is 24.3 Å². The predicted molar refractivity (Wildman–Crippen MR) is 112 cm³/mol. The van der Waals surface area contributed by atoms with Gasteiger partial charge in [0.25, 0.3) is 5.91 Å². The quantitative estimate of drug-likeness (QED) is 0.624. The standard InChI is InChI=1S/C23H24FN3O3/c1-14-10-11-18(12-21(14)24)25-23(29)17(4)30-22(28)13-20-15(2)26-27(16(20)3)19-8-6-5-7-9-19/h5-12,17H,13H2,1-4H3,(H,25,29)/t17-/m0/s1. The Balaban J connectivity index is 1.64. The first kappa shape index (κ1) is 21.2. The lowest BCUT2D eigenvalue weighted by Crippen LogP contribution is -2.30. The van der Waals surface area contributed by atoms with Crippen molar-refractivity contribution < 1.29 is 18.7 Å². The zero-order valence-corrected chi connectivity index (χ0v) is 17.4. The number of para-hydroxylation sites is 1. The molecule has 3 rings (SSSR count). The molecular formula is C23H24FN3O3. The summed E-state index contributed by atoms with van der Waals surface area (Å²) in [5.74, 6) is -1.48. The van der Waals surface area contributed by atoms with Crippen LogP contribution >= 0.6 is 0 Å². The molecule has 1 N–H and O–H groups in total. The van der Waals surface area contributed by atoms with E-state index in [9.17, 15) is 14.0 Å². The molecular weight excluding hydrogens is 385 g/mol. The van der Waals surface area contributed by atoms with Gasteiger partial charge in [0.15, 0.2) is 6.10 Å². The van der Waals surface area contributed by atoms with Crippen molar-refractivity contribution >= 4 is 17.6 Å². The van der Waals surface area contributed by atoms with Crippen molar-refractivity contribution in [3.05, 3.63) is 76.9 Å². The molecule has 0 aliphatic heterocycles. The summed E-state index contributed by atoms with van der Waals surface area (Å²) in [5, 5.41) is 7.07. The number of nitrogens with zero attached hydrogens (tertiary/aromatic N) is 2. The molecule has 156 valence electrons. The van der Waals surface area contributed by atoms with Gasteiger partial charge in [-0.15, -0.1) is 0 Å². The molecule has 1 aromatic heterocycles. The second-order valence-corrected chi connectivity index (χ2v) is 7.16. The Kier molecular flexibility index (Phi) is 6.30. The first-order valence-electron chi connectivity index (χ1n) is 9.63. The van der Waals surface area contributed by atoms with Gasteiger partial charge in [-0.25, -0.2) is 9.07 Å². The van der Waals surface area contributed by atoms with Crippen LogP contribution in [0.5, 0.6) is 0 Å². The van der Waals surface area contributed by atoms with Crippen LogP contribution in [0.3, 0.4) is 0 Å². The van der Waals surface area contributed by atoms with E-state index in [0.717, 1.165) is 22.6 Å². The van der Waals surface area contributed by atoms with Crippen LogP contribution in [0.25, 0.3) is 5.69 Å². The summed E-state index contributed by atoms with van der Waals surface area (Å²) in [6, 6.07) is 14.0. The molecule has 0 spiro atoms. The van der Waals surface area contributed by atoms with E-state index in [4.69, 9.17) is 4.74 Å². The number of aromatic nitrogens is 2. The molecule has 0 fully saturated rings. The third-order valence-electron chi connectivity index (χ3n) is 4.88. The van der Waals surface area contributed by atoms with E-state index in [-0.39, 0.29) is 6.42 Å². The molecule has 0 saturated carbocycles. The smallest absolute Gasteiger partial charge is 0.311 e. The van der Waals surface area contributed by atoms with E-state index in [2.05, 4.69) is 10.4 Å². The van der Waals surface area contributed by atoms with Gasteiger partial charge >= 0.3 is 5.97 Å². The highest BCUT2D eigenvalue weighted by atomic mass is 19.1. The average Bonchev–Trinajstić information content (AvgIpc) is 2.99. The van der Waals surface area contributed by atoms with Gasteiger partial charge in [-0.3, -0.25) is 9.59 Å². The highest BCUT2D eigenvalue weighted by Crippen LogP contribution is 2.19. The number of ether oxygens (including phenoxy) is 1. The topological polar surface area (TPSA) is 73.2 Å². The van der Waals surface area contributed by atoms with Crippen LogP contribution < -0.4 is 5.32 Å². The molecule has 0 unspecified atom stereocenters. The predicted octanol–water partition coefficient (Wildman–Crippen LogP) is 4.05. The molecule has 0 bridgehead atoms. The number of hydrogen-bond donors (Lipinski definition) is 1. The van der Waals surface area contributed by atoms with Gasteiger partial charge in [-0.05, 0) is 57.5 Å². The van der Waals surface area contributed by atoms with E-state index in [1.54, 1.807) is 23.7 Å². The van der Waals surface area contributed by atoms with Crippen molar-refractivity contribution in [2.45, 2.75) is 40.2 Å². The Hall–Kier alpha value is -3.48. The number of rotatable bonds is 6. The molecule has 0 saturated heterocycles. The monoisotopic (exact) mass is 409 g/mol. The number of anilines is 1. The summed E-state index contributed by atoms with van der Waals surface area (Å²) in [4.78, 5) is 24.7. The number of hydrogen-bond acceptors (Lipinski definition) is 4. The lowest BCUT2D eigenvalue weighted by molar-refractivity contribution is -0.152. The van der Waals surface area contributed by atoms with Crippen molar-refractivity contribution in [3.63, 3.8) is 0 Å². The number of carbonyl (C=O) groups excluding carboxylic acids is 2. The maximum atomic E-state index is 13.6. The molecule has 0 aliphatic carbocycles. The normalized spacial score (nSPS) is 11.8. The second kappa shape index (κ2) is 8.90. The SMILES string of the molecule is Cc1ccc(NC(=O)[C@H](C)OC(=O)Cc2c(C)nn(-c3ccccc3)c2C)cc1F. The van der Waals surface area contributed by atoms with Crippen LogP contribution in [0, 0.1) is 26.6 Å². The molecule has 3 aromatic rings. The van der Waals surface area contributed by atoms with Crippen LogP contribution in [0.15, 0.2) is 48.5 Å². The fraction of sp³-hybridized carbons (Fsp3) is 0.261. The Bertz CT molecular complexity index is 1080. The summed E-state index contributed by atoms with van der Waals surface area (Å²) in [6.07, 6.45) is -1.02. The molecule has 6 nitrogen and oxygen atoms in total. The lowest BCUT2D eigenvalue weighted by Gasteiger charge is -2.14. The average molecular weight is 409 g/mol. The minimum atomic E-state index is -1.02. The molecule has 0 aliphatic rings. The number of benzene rings is 2. The number of esters is 1. The number of carbonyl (C=O) groups is 2. The molecule has 0 radical (unpaired) electrons. The summed E-state index contributed by atoms with van der Waals surface area (Å²) in [7, 11) is 0. The van der Waals surface area contributed by atoms with E-state index < -0.39 is 23.8 Å². The molecule has 7 heteroatoms. The second-order valence-electron chi connectivity index (χ2n) is 7.16. The third-order valence-corrected chi connectivity index (χ3v) is 4.88. The Morgan fingerprint density at radius 2 is 1.83 bits per heavy atom. The molecule has 2 aromatic carbocycles. The minimum absolute atomic E-state index is 0.00127. The van der Waals surface area contributed by atoms with E-state index >= 15 is 0 Å². The number of nitrogens with one attached hydrogen (secondary N) is 1. The van der Waals surface area contributed by atoms with Crippen molar-refractivity contribution in [1.29, 1.82) is 0 Å². The summed E-state index contributed by atoms with van der Waals surface area (Å²) in [6.45, 7) is 6.83. The maximum Gasteiger partial charge on any atom is 0.311 e. The van der Waals surface area contributed by atoms with Gasteiger partial charge < -0.3 is 10.1 Å². The molecule has 30 heavy (non-hydrogen) atoms. The Morgan fingerprint density at radius 3 is 2.50 bits per heavy atom. The van der Waals surface area contributed by atoms with Crippen LogP contribution in [0.4, 0.5) is 10.1 Å². The van der Waals surface area contributed by atoms with Crippen molar-refractivity contribution in [2.75, 3.05) is 5.32 Å². The largest absolute Gasteiger partial charge is 0.452 e. The lowest BCUT2D eigenvalue weighted by atomic mass is 10.1. The molecule has 1 atom stereocenters. The summed E-state index contributed by atoms with van der Waals surface area (Å²) >= 11 is 0. The highest BCUT2D eigenvalue weighted by molar-refractivity contribution is 5.95. The minimum Gasteiger partial charge on any atom is -0.452 e.